The molecule has 1 N–H and O–H groups in total. The van der Waals surface area contributed by atoms with Crippen molar-refractivity contribution in [3.8, 4) is 22.6 Å². The molecule has 0 bridgehead atoms. The van der Waals surface area contributed by atoms with Crippen molar-refractivity contribution in [1.82, 2.24) is 19.6 Å². The van der Waals surface area contributed by atoms with Crippen LogP contribution in [0.1, 0.15) is 32.0 Å². The Balaban J connectivity index is 1.75. The van der Waals surface area contributed by atoms with Crippen LogP contribution in [0.4, 0.5) is 18.9 Å². The van der Waals surface area contributed by atoms with Crippen LogP contribution in [0.5, 0.6) is 0 Å². The number of nitrogens with zero attached hydrogens (tertiary/aromatic N) is 4. The first kappa shape index (κ1) is 22.4. The molecule has 4 aromatic rings. The van der Waals surface area contributed by atoms with Crippen LogP contribution in [0.25, 0.3) is 28.3 Å². The third kappa shape index (κ3) is 4.72. The quantitative estimate of drug-likeness (QED) is 0.427. The molecule has 0 spiro atoms. The maximum atomic E-state index is 13.5. The van der Waals surface area contributed by atoms with Crippen LogP contribution < -0.4 is 5.32 Å². The van der Waals surface area contributed by atoms with Gasteiger partial charge in [-0.1, -0.05) is 32.9 Å². The number of carbonyl (C=O) groups is 1. The fourth-order valence-corrected chi connectivity index (χ4v) is 3.21. The standard InChI is InChI=1S/C24H22F3N5O/c1-14-6-5-7-17(28-14)18-10-11-21-29-20(13-32(21)31-18)15-8-9-16(24(25,26)27)19(12-15)30-22(33)23(2,3)4/h5-13H,1-4H3,(H,30,33). The van der Waals surface area contributed by atoms with Gasteiger partial charge in [-0.3, -0.25) is 9.78 Å². The summed E-state index contributed by atoms with van der Waals surface area (Å²) in [5.41, 5.74) is 1.50. The van der Waals surface area contributed by atoms with Gasteiger partial charge in [0.05, 0.1) is 28.8 Å². The summed E-state index contributed by atoms with van der Waals surface area (Å²) in [6.45, 7) is 6.79. The SMILES string of the molecule is Cc1cccc(-c2ccc3nc(-c4ccc(C(F)(F)F)c(NC(=O)C(C)(C)C)c4)cn3n2)n1. The van der Waals surface area contributed by atoms with Crippen molar-refractivity contribution in [2.24, 2.45) is 5.41 Å². The molecule has 0 unspecified atom stereocenters. The summed E-state index contributed by atoms with van der Waals surface area (Å²) in [7, 11) is 0. The molecule has 0 radical (unpaired) electrons. The first-order chi connectivity index (χ1) is 15.4. The van der Waals surface area contributed by atoms with Crippen LogP contribution in [-0.4, -0.2) is 25.5 Å². The molecule has 1 aromatic carbocycles. The Bertz CT molecular complexity index is 1350. The van der Waals surface area contributed by atoms with Crippen LogP contribution in [0.15, 0.2) is 54.7 Å². The Labute approximate surface area is 188 Å². The lowest BCUT2D eigenvalue weighted by Crippen LogP contribution is -2.28. The molecule has 0 aliphatic rings. The molecule has 0 atom stereocenters. The van der Waals surface area contributed by atoms with Gasteiger partial charge in [-0.2, -0.15) is 18.3 Å². The van der Waals surface area contributed by atoms with Crippen molar-refractivity contribution >= 4 is 17.2 Å². The van der Waals surface area contributed by atoms with Crippen LogP contribution >= 0.6 is 0 Å². The lowest BCUT2D eigenvalue weighted by atomic mass is 9.95. The van der Waals surface area contributed by atoms with Gasteiger partial charge >= 0.3 is 6.18 Å². The van der Waals surface area contributed by atoms with Crippen molar-refractivity contribution in [2.45, 2.75) is 33.9 Å². The summed E-state index contributed by atoms with van der Waals surface area (Å²) < 4.78 is 42.2. The first-order valence-electron chi connectivity index (χ1n) is 10.3. The molecular formula is C24H22F3N5O. The largest absolute Gasteiger partial charge is 0.418 e. The van der Waals surface area contributed by atoms with Crippen molar-refractivity contribution in [3.05, 3.63) is 66.0 Å². The highest BCUT2D eigenvalue weighted by molar-refractivity contribution is 5.96. The topological polar surface area (TPSA) is 72.2 Å². The average Bonchev–Trinajstić information content (AvgIpc) is 3.15. The van der Waals surface area contributed by atoms with Gasteiger partial charge in [-0.15, -0.1) is 0 Å². The summed E-state index contributed by atoms with van der Waals surface area (Å²) in [5, 5.41) is 6.95. The average molecular weight is 453 g/mol. The van der Waals surface area contributed by atoms with E-state index in [4.69, 9.17) is 0 Å². The highest BCUT2D eigenvalue weighted by Crippen LogP contribution is 2.37. The number of amides is 1. The number of carbonyl (C=O) groups excluding carboxylic acids is 1. The Kier molecular flexibility index (Phi) is 5.43. The van der Waals surface area contributed by atoms with E-state index in [0.29, 0.717) is 28.3 Å². The molecule has 3 aromatic heterocycles. The monoisotopic (exact) mass is 453 g/mol. The number of aromatic nitrogens is 4. The van der Waals surface area contributed by atoms with Crippen molar-refractivity contribution < 1.29 is 18.0 Å². The predicted octanol–water partition coefficient (Wildman–Crippen LogP) is 5.77. The zero-order valence-corrected chi connectivity index (χ0v) is 18.5. The van der Waals surface area contributed by atoms with Gasteiger partial charge in [0.25, 0.3) is 0 Å². The zero-order valence-electron chi connectivity index (χ0n) is 18.5. The molecule has 0 fully saturated rings. The van der Waals surface area contributed by atoms with E-state index in [-0.39, 0.29) is 5.69 Å². The lowest BCUT2D eigenvalue weighted by molar-refractivity contribution is -0.137. The minimum Gasteiger partial charge on any atom is -0.325 e. The Morgan fingerprint density at radius 2 is 1.70 bits per heavy atom. The second-order valence-electron chi connectivity index (χ2n) is 8.77. The maximum absolute atomic E-state index is 13.5. The van der Waals surface area contributed by atoms with Gasteiger partial charge in [0.15, 0.2) is 5.65 Å². The fraction of sp³-hybridized carbons (Fsp3) is 0.250. The molecule has 0 saturated heterocycles. The third-order valence-corrected chi connectivity index (χ3v) is 5.02. The molecule has 33 heavy (non-hydrogen) atoms. The van der Waals surface area contributed by atoms with E-state index < -0.39 is 23.1 Å². The Hall–Kier alpha value is -3.75. The number of rotatable bonds is 3. The summed E-state index contributed by atoms with van der Waals surface area (Å²) in [6, 6.07) is 12.7. The molecule has 4 rings (SSSR count). The minimum absolute atomic E-state index is 0.311. The van der Waals surface area contributed by atoms with E-state index in [9.17, 15) is 18.0 Å². The van der Waals surface area contributed by atoms with E-state index in [1.165, 1.54) is 12.1 Å². The Morgan fingerprint density at radius 1 is 0.939 bits per heavy atom. The number of hydrogen-bond donors (Lipinski definition) is 1. The number of fused-ring (bicyclic) bond motifs is 1. The van der Waals surface area contributed by atoms with Crippen LogP contribution in [0, 0.1) is 12.3 Å². The zero-order chi connectivity index (χ0) is 24.0. The molecule has 6 nitrogen and oxygen atoms in total. The van der Waals surface area contributed by atoms with Crippen LogP contribution in [0.2, 0.25) is 0 Å². The molecular weight excluding hydrogens is 431 g/mol. The second kappa shape index (κ2) is 7.99. The normalized spacial score (nSPS) is 12.2. The van der Waals surface area contributed by atoms with Crippen molar-refractivity contribution in [2.75, 3.05) is 5.32 Å². The van der Waals surface area contributed by atoms with E-state index in [2.05, 4.69) is 20.4 Å². The van der Waals surface area contributed by atoms with E-state index in [1.807, 2.05) is 25.1 Å². The Morgan fingerprint density at radius 3 is 2.36 bits per heavy atom. The van der Waals surface area contributed by atoms with Gasteiger partial charge in [-0.05, 0) is 43.3 Å². The first-order valence-corrected chi connectivity index (χ1v) is 10.3. The van der Waals surface area contributed by atoms with Crippen LogP contribution in [-0.2, 0) is 11.0 Å². The number of anilines is 1. The van der Waals surface area contributed by atoms with E-state index in [0.717, 1.165) is 11.8 Å². The second-order valence-corrected chi connectivity index (χ2v) is 8.77. The number of pyridine rings is 1. The fourth-order valence-electron chi connectivity index (χ4n) is 3.21. The van der Waals surface area contributed by atoms with Gasteiger partial charge in [0, 0.05) is 16.7 Å². The van der Waals surface area contributed by atoms with Crippen LogP contribution in [0.3, 0.4) is 0 Å². The number of hydrogen-bond acceptors (Lipinski definition) is 4. The summed E-state index contributed by atoms with van der Waals surface area (Å²) in [6.07, 6.45) is -2.98. The summed E-state index contributed by atoms with van der Waals surface area (Å²) in [5.74, 6) is -0.517. The molecule has 3 heterocycles. The van der Waals surface area contributed by atoms with E-state index in [1.54, 1.807) is 43.6 Å². The highest BCUT2D eigenvalue weighted by atomic mass is 19.4. The van der Waals surface area contributed by atoms with Gasteiger partial charge in [0.1, 0.15) is 5.69 Å². The molecule has 9 heteroatoms. The molecule has 0 saturated carbocycles. The minimum atomic E-state index is -4.62. The van der Waals surface area contributed by atoms with Crippen molar-refractivity contribution in [1.29, 1.82) is 0 Å². The number of nitrogens with one attached hydrogen (secondary N) is 1. The summed E-state index contributed by atoms with van der Waals surface area (Å²) in [4.78, 5) is 21.3. The number of alkyl halides is 3. The molecule has 170 valence electrons. The number of imidazole rings is 1. The van der Waals surface area contributed by atoms with Gasteiger partial charge in [0.2, 0.25) is 5.91 Å². The van der Waals surface area contributed by atoms with Gasteiger partial charge < -0.3 is 5.32 Å². The number of benzene rings is 1. The highest BCUT2D eigenvalue weighted by Gasteiger charge is 2.35. The number of aryl methyl sites for hydroxylation is 1. The van der Waals surface area contributed by atoms with E-state index >= 15 is 0 Å². The van der Waals surface area contributed by atoms with Gasteiger partial charge in [-0.25, -0.2) is 9.50 Å². The van der Waals surface area contributed by atoms with Crippen molar-refractivity contribution in [3.63, 3.8) is 0 Å². The maximum Gasteiger partial charge on any atom is 0.418 e. The summed E-state index contributed by atoms with van der Waals surface area (Å²) >= 11 is 0. The molecule has 0 aliphatic carbocycles. The molecule has 1 amide bonds. The molecule has 0 aliphatic heterocycles. The number of halogens is 3. The predicted molar refractivity (Wildman–Crippen MR) is 119 cm³/mol. The lowest BCUT2D eigenvalue weighted by Gasteiger charge is -2.20. The third-order valence-electron chi connectivity index (χ3n) is 5.02. The smallest absolute Gasteiger partial charge is 0.325 e.